The highest BCUT2D eigenvalue weighted by molar-refractivity contribution is 5.59. The van der Waals surface area contributed by atoms with Crippen LogP contribution in [-0.2, 0) is 6.42 Å². The van der Waals surface area contributed by atoms with E-state index in [0.29, 0.717) is 0 Å². The number of aliphatic hydroxyl groups is 1. The lowest BCUT2D eigenvalue weighted by molar-refractivity contribution is 0.151. The number of hydrogen-bond donors (Lipinski definition) is 2. The first-order valence-corrected chi connectivity index (χ1v) is 8.87. The van der Waals surface area contributed by atoms with Crippen molar-refractivity contribution in [2.45, 2.75) is 58.0 Å². The van der Waals surface area contributed by atoms with Crippen LogP contribution in [0.4, 0.5) is 11.4 Å². The van der Waals surface area contributed by atoms with Gasteiger partial charge in [-0.3, -0.25) is 0 Å². The maximum atomic E-state index is 10.0. The van der Waals surface area contributed by atoms with E-state index in [2.05, 4.69) is 48.6 Å². The molecule has 1 atom stereocenters. The number of para-hydroxylation sites is 1. The lowest BCUT2D eigenvalue weighted by Gasteiger charge is -2.11. The van der Waals surface area contributed by atoms with Crippen LogP contribution in [0.2, 0.25) is 0 Å². The topological polar surface area (TPSA) is 32.3 Å². The molecule has 0 aliphatic rings. The van der Waals surface area contributed by atoms with Crippen LogP contribution in [0.5, 0.6) is 0 Å². The minimum absolute atomic E-state index is 0.158. The quantitative estimate of drug-likeness (QED) is 0.552. The van der Waals surface area contributed by atoms with Crippen LogP contribution in [0.3, 0.4) is 0 Å². The van der Waals surface area contributed by atoms with Crippen molar-refractivity contribution in [3.8, 4) is 0 Å². The van der Waals surface area contributed by atoms with Gasteiger partial charge in [-0.05, 0) is 49.1 Å². The van der Waals surface area contributed by atoms with Crippen molar-refractivity contribution in [3.05, 3.63) is 60.2 Å². The molecule has 23 heavy (non-hydrogen) atoms. The summed E-state index contributed by atoms with van der Waals surface area (Å²) in [5.74, 6) is 0. The van der Waals surface area contributed by atoms with Gasteiger partial charge in [0.2, 0.25) is 0 Å². The zero-order valence-electron chi connectivity index (χ0n) is 14.2. The predicted octanol–water partition coefficient (Wildman–Crippen LogP) is 5.69. The van der Waals surface area contributed by atoms with Crippen LogP contribution < -0.4 is 5.32 Å². The average molecular weight is 311 g/mol. The molecule has 2 heteroatoms. The smallest absolute Gasteiger partial charge is 0.0543 e. The zero-order valence-corrected chi connectivity index (χ0v) is 14.2. The molecule has 2 nitrogen and oxygen atoms in total. The molecule has 0 aliphatic carbocycles. The van der Waals surface area contributed by atoms with Crippen LogP contribution >= 0.6 is 0 Å². The van der Waals surface area contributed by atoms with Gasteiger partial charge in [-0.25, -0.2) is 0 Å². The molecule has 0 radical (unpaired) electrons. The van der Waals surface area contributed by atoms with Gasteiger partial charge in [0.15, 0.2) is 0 Å². The molecular weight excluding hydrogens is 282 g/mol. The Hall–Kier alpha value is -1.80. The summed E-state index contributed by atoms with van der Waals surface area (Å²) in [7, 11) is 0. The molecule has 2 rings (SSSR count). The van der Waals surface area contributed by atoms with Crippen LogP contribution in [0.25, 0.3) is 0 Å². The first-order valence-electron chi connectivity index (χ1n) is 8.87. The normalized spacial score (nSPS) is 12.1. The number of rotatable bonds is 10. The standard InChI is InChI=1S/C21H29NO/c1-2-3-4-8-11-21(23)17-14-18-12-15-20(16-13-18)22-19-9-6-5-7-10-19/h5-7,9-10,12-13,15-16,21-23H,2-4,8,11,14,17H2,1H3. The van der Waals surface area contributed by atoms with Crippen molar-refractivity contribution in [3.63, 3.8) is 0 Å². The van der Waals surface area contributed by atoms with Gasteiger partial charge >= 0.3 is 0 Å². The minimum Gasteiger partial charge on any atom is -0.393 e. The molecular formula is C21H29NO. The number of benzene rings is 2. The SMILES string of the molecule is CCCCCCC(O)CCc1ccc(Nc2ccccc2)cc1. The van der Waals surface area contributed by atoms with Crippen molar-refractivity contribution < 1.29 is 5.11 Å². The van der Waals surface area contributed by atoms with Crippen LogP contribution in [0.15, 0.2) is 54.6 Å². The van der Waals surface area contributed by atoms with Crippen molar-refractivity contribution in [2.24, 2.45) is 0 Å². The summed E-state index contributed by atoms with van der Waals surface area (Å²) >= 11 is 0. The second-order valence-corrected chi connectivity index (χ2v) is 6.23. The Morgan fingerprint density at radius 1 is 0.826 bits per heavy atom. The van der Waals surface area contributed by atoms with E-state index < -0.39 is 0 Å². The maximum absolute atomic E-state index is 10.0. The molecule has 0 aliphatic heterocycles. The van der Waals surface area contributed by atoms with Crippen molar-refractivity contribution in [2.75, 3.05) is 5.32 Å². The Morgan fingerprint density at radius 3 is 2.22 bits per heavy atom. The van der Waals surface area contributed by atoms with E-state index in [-0.39, 0.29) is 6.10 Å². The Labute approximate surface area is 140 Å². The van der Waals surface area contributed by atoms with Crippen molar-refractivity contribution >= 4 is 11.4 Å². The van der Waals surface area contributed by atoms with Gasteiger partial charge in [0.05, 0.1) is 6.10 Å². The van der Waals surface area contributed by atoms with E-state index in [1.165, 1.54) is 24.8 Å². The van der Waals surface area contributed by atoms with Gasteiger partial charge in [-0.1, -0.05) is 62.9 Å². The van der Waals surface area contributed by atoms with E-state index in [9.17, 15) is 5.11 Å². The third-order valence-corrected chi connectivity index (χ3v) is 4.17. The molecule has 0 fully saturated rings. The summed E-state index contributed by atoms with van der Waals surface area (Å²) < 4.78 is 0. The zero-order chi connectivity index (χ0) is 16.3. The van der Waals surface area contributed by atoms with E-state index in [1.807, 2.05) is 18.2 Å². The minimum atomic E-state index is -0.158. The molecule has 2 aromatic rings. The third-order valence-electron chi connectivity index (χ3n) is 4.17. The number of unbranched alkanes of at least 4 members (excludes halogenated alkanes) is 3. The molecule has 1 unspecified atom stereocenters. The highest BCUT2D eigenvalue weighted by Gasteiger charge is 2.04. The van der Waals surface area contributed by atoms with Gasteiger partial charge in [-0.2, -0.15) is 0 Å². The Kier molecular flexibility index (Phi) is 7.68. The molecule has 0 heterocycles. The van der Waals surface area contributed by atoms with Crippen molar-refractivity contribution in [1.82, 2.24) is 0 Å². The van der Waals surface area contributed by atoms with E-state index in [0.717, 1.165) is 37.1 Å². The Morgan fingerprint density at radius 2 is 1.52 bits per heavy atom. The summed E-state index contributed by atoms with van der Waals surface area (Å²) in [6.07, 6.45) is 7.50. The summed E-state index contributed by atoms with van der Waals surface area (Å²) in [6.45, 7) is 2.22. The summed E-state index contributed by atoms with van der Waals surface area (Å²) in [6, 6.07) is 18.7. The summed E-state index contributed by atoms with van der Waals surface area (Å²) in [5.41, 5.74) is 3.49. The first kappa shape index (κ1) is 17.6. The summed E-state index contributed by atoms with van der Waals surface area (Å²) in [5, 5.41) is 13.4. The van der Waals surface area contributed by atoms with Gasteiger partial charge in [-0.15, -0.1) is 0 Å². The van der Waals surface area contributed by atoms with Gasteiger partial charge in [0, 0.05) is 11.4 Å². The number of hydrogen-bond acceptors (Lipinski definition) is 2. The molecule has 0 aromatic heterocycles. The highest BCUT2D eigenvalue weighted by Crippen LogP contribution is 2.18. The number of anilines is 2. The van der Waals surface area contributed by atoms with Gasteiger partial charge in [0.25, 0.3) is 0 Å². The molecule has 2 N–H and O–H groups in total. The number of aryl methyl sites for hydroxylation is 1. The molecule has 0 amide bonds. The highest BCUT2D eigenvalue weighted by atomic mass is 16.3. The average Bonchev–Trinajstić information content (AvgIpc) is 2.59. The lowest BCUT2D eigenvalue weighted by Crippen LogP contribution is -2.07. The fourth-order valence-electron chi connectivity index (χ4n) is 2.73. The second-order valence-electron chi connectivity index (χ2n) is 6.23. The Bertz CT molecular complexity index is 536. The van der Waals surface area contributed by atoms with Crippen molar-refractivity contribution in [1.29, 1.82) is 0 Å². The molecule has 0 spiro atoms. The maximum Gasteiger partial charge on any atom is 0.0543 e. The molecule has 2 aromatic carbocycles. The fraction of sp³-hybridized carbons (Fsp3) is 0.429. The van der Waals surface area contributed by atoms with Crippen LogP contribution in [0, 0.1) is 0 Å². The van der Waals surface area contributed by atoms with Crippen LogP contribution in [0.1, 0.15) is 51.0 Å². The van der Waals surface area contributed by atoms with Crippen LogP contribution in [-0.4, -0.2) is 11.2 Å². The largest absolute Gasteiger partial charge is 0.393 e. The first-order chi connectivity index (χ1) is 11.3. The van der Waals surface area contributed by atoms with E-state index in [4.69, 9.17) is 0 Å². The second kappa shape index (κ2) is 10.1. The lowest BCUT2D eigenvalue weighted by atomic mass is 10.0. The number of nitrogens with one attached hydrogen (secondary N) is 1. The molecule has 0 saturated heterocycles. The summed E-state index contributed by atoms with van der Waals surface area (Å²) in [4.78, 5) is 0. The molecule has 124 valence electrons. The fourth-order valence-corrected chi connectivity index (χ4v) is 2.73. The van der Waals surface area contributed by atoms with Gasteiger partial charge in [0.1, 0.15) is 0 Å². The molecule has 0 saturated carbocycles. The van der Waals surface area contributed by atoms with E-state index in [1.54, 1.807) is 0 Å². The van der Waals surface area contributed by atoms with Gasteiger partial charge < -0.3 is 10.4 Å². The monoisotopic (exact) mass is 311 g/mol. The van der Waals surface area contributed by atoms with E-state index >= 15 is 0 Å². The number of aliphatic hydroxyl groups excluding tert-OH is 1. The third kappa shape index (κ3) is 6.87. The Balaban J connectivity index is 1.72. The molecule has 0 bridgehead atoms. The predicted molar refractivity (Wildman–Crippen MR) is 99.3 cm³/mol.